The van der Waals surface area contributed by atoms with Gasteiger partial charge in [0.15, 0.2) is 0 Å². The zero-order valence-corrected chi connectivity index (χ0v) is 15.8. The maximum atomic E-state index is 12.3. The fourth-order valence-corrected chi connectivity index (χ4v) is 3.59. The van der Waals surface area contributed by atoms with Crippen LogP contribution in [-0.2, 0) is 9.53 Å². The van der Waals surface area contributed by atoms with E-state index in [4.69, 9.17) is 9.47 Å². The number of aliphatic hydroxyl groups is 1. The molecule has 6 nitrogen and oxygen atoms in total. The molecule has 0 radical (unpaired) electrons. The quantitative estimate of drug-likeness (QED) is 0.586. The molecule has 3 rings (SSSR count). The molecule has 1 aromatic carbocycles. The topological polar surface area (TPSA) is 71.0 Å². The lowest BCUT2D eigenvalue weighted by molar-refractivity contribution is -0.118. The molecule has 2 fully saturated rings. The summed E-state index contributed by atoms with van der Waals surface area (Å²) in [7, 11) is 0. The Hall–Kier alpha value is -1.89. The smallest absolute Gasteiger partial charge is 0.244 e. The average molecular weight is 374 g/mol. The molecule has 1 saturated heterocycles. The van der Waals surface area contributed by atoms with Crippen molar-refractivity contribution in [1.82, 2.24) is 10.2 Å². The summed E-state index contributed by atoms with van der Waals surface area (Å²) in [6, 6.07) is 9.25. The number of carbonyl (C=O) groups is 1. The van der Waals surface area contributed by atoms with Gasteiger partial charge in [-0.3, -0.25) is 9.69 Å². The summed E-state index contributed by atoms with van der Waals surface area (Å²) in [5, 5.41) is 13.7. The standard InChI is InChI=1S/C21H30N2O4/c24-20(11-6-12-23-13-15-26-16-14-23)22-18-9-4-5-10-19(21(18)25)27-17-7-2-1-3-8-17/h1-3,6-8,11,18-19,21,25H,4-5,9-10,12-16H2,(H,22,24)/t18-,19-,21-/m1/s1. The summed E-state index contributed by atoms with van der Waals surface area (Å²) in [4.78, 5) is 14.5. The highest BCUT2D eigenvalue weighted by Gasteiger charge is 2.32. The number of amides is 1. The second-order valence-electron chi connectivity index (χ2n) is 7.17. The van der Waals surface area contributed by atoms with Gasteiger partial charge in [0.05, 0.1) is 19.3 Å². The van der Waals surface area contributed by atoms with Crippen molar-refractivity contribution in [3.05, 3.63) is 42.5 Å². The summed E-state index contributed by atoms with van der Waals surface area (Å²) < 4.78 is 11.3. The number of hydrogen-bond donors (Lipinski definition) is 2. The third-order valence-corrected chi connectivity index (χ3v) is 5.14. The average Bonchev–Trinajstić information content (AvgIpc) is 2.86. The Bertz CT molecular complexity index is 601. The van der Waals surface area contributed by atoms with Crippen LogP contribution >= 0.6 is 0 Å². The van der Waals surface area contributed by atoms with Gasteiger partial charge < -0.3 is 19.9 Å². The van der Waals surface area contributed by atoms with Crippen LogP contribution in [0.1, 0.15) is 25.7 Å². The van der Waals surface area contributed by atoms with Crippen LogP contribution in [0.25, 0.3) is 0 Å². The number of morpholine rings is 1. The number of ether oxygens (including phenoxy) is 2. The number of para-hydroxylation sites is 1. The third-order valence-electron chi connectivity index (χ3n) is 5.14. The lowest BCUT2D eigenvalue weighted by atomic mass is 10.0. The van der Waals surface area contributed by atoms with Gasteiger partial charge >= 0.3 is 0 Å². The van der Waals surface area contributed by atoms with E-state index in [0.717, 1.165) is 64.3 Å². The molecule has 2 aliphatic rings. The Morgan fingerprint density at radius 2 is 1.96 bits per heavy atom. The van der Waals surface area contributed by atoms with Crippen molar-refractivity contribution in [3.63, 3.8) is 0 Å². The highest BCUT2D eigenvalue weighted by molar-refractivity contribution is 5.87. The van der Waals surface area contributed by atoms with Crippen molar-refractivity contribution in [3.8, 4) is 5.75 Å². The molecule has 0 spiro atoms. The minimum absolute atomic E-state index is 0.160. The van der Waals surface area contributed by atoms with Crippen LogP contribution in [0.4, 0.5) is 0 Å². The fraction of sp³-hybridized carbons (Fsp3) is 0.571. The van der Waals surface area contributed by atoms with E-state index in [-0.39, 0.29) is 18.1 Å². The molecular weight excluding hydrogens is 344 g/mol. The lowest BCUT2D eigenvalue weighted by Crippen LogP contribution is -2.48. The summed E-state index contributed by atoms with van der Waals surface area (Å²) in [5.41, 5.74) is 0. The van der Waals surface area contributed by atoms with Gasteiger partial charge in [-0.2, -0.15) is 0 Å². The molecule has 6 heteroatoms. The summed E-state index contributed by atoms with van der Waals surface area (Å²) in [6.45, 7) is 4.02. The van der Waals surface area contributed by atoms with Gasteiger partial charge in [0.25, 0.3) is 0 Å². The largest absolute Gasteiger partial charge is 0.488 e. The third kappa shape index (κ3) is 6.34. The van der Waals surface area contributed by atoms with E-state index in [1.165, 1.54) is 0 Å². The van der Waals surface area contributed by atoms with Gasteiger partial charge in [-0.15, -0.1) is 0 Å². The number of benzene rings is 1. The zero-order chi connectivity index (χ0) is 18.9. The van der Waals surface area contributed by atoms with E-state index in [0.29, 0.717) is 0 Å². The number of aliphatic hydroxyl groups excluding tert-OH is 1. The monoisotopic (exact) mass is 374 g/mol. The first kappa shape index (κ1) is 19.9. The minimum Gasteiger partial charge on any atom is -0.488 e. The van der Waals surface area contributed by atoms with Crippen LogP contribution in [0.5, 0.6) is 5.75 Å². The molecular formula is C21H30N2O4. The van der Waals surface area contributed by atoms with Crippen LogP contribution < -0.4 is 10.1 Å². The number of rotatable bonds is 6. The fourth-order valence-electron chi connectivity index (χ4n) is 3.59. The molecule has 1 saturated carbocycles. The van der Waals surface area contributed by atoms with Crippen LogP contribution in [0.3, 0.4) is 0 Å². The first-order chi connectivity index (χ1) is 13.2. The van der Waals surface area contributed by atoms with Crippen molar-refractivity contribution in [2.24, 2.45) is 0 Å². The van der Waals surface area contributed by atoms with E-state index in [2.05, 4.69) is 10.2 Å². The van der Waals surface area contributed by atoms with E-state index < -0.39 is 6.10 Å². The maximum absolute atomic E-state index is 12.3. The van der Waals surface area contributed by atoms with Crippen molar-refractivity contribution >= 4 is 5.91 Å². The van der Waals surface area contributed by atoms with Crippen molar-refractivity contribution < 1.29 is 19.4 Å². The molecule has 1 heterocycles. The summed E-state index contributed by atoms with van der Waals surface area (Å²) in [5.74, 6) is 0.589. The Kier molecular flexibility index (Phi) is 7.68. The predicted octanol–water partition coefficient (Wildman–Crippen LogP) is 1.74. The van der Waals surface area contributed by atoms with E-state index in [9.17, 15) is 9.90 Å². The van der Waals surface area contributed by atoms with Gasteiger partial charge in [0.1, 0.15) is 18.0 Å². The Morgan fingerprint density at radius 1 is 1.22 bits per heavy atom. The van der Waals surface area contributed by atoms with E-state index >= 15 is 0 Å². The van der Waals surface area contributed by atoms with Crippen molar-refractivity contribution in [1.29, 1.82) is 0 Å². The van der Waals surface area contributed by atoms with Gasteiger partial charge in [0, 0.05) is 25.7 Å². The molecule has 1 amide bonds. The van der Waals surface area contributed by atoms with Crippen LogP contribution in [-0.4, -0.2) is 67.0 Å². The van der Waals surface area contributed by atoms with Crippen molar-refractivity contribution in [2.45, 2.75) is 43.9 Å². The second-order valence-corrected chi connectivity index (χ2v) is 7.17. The molecule has 0 aromatic heterocycles. The molecule has 27 heavy (non-hydrogen) atoms. The molecule has 1 aliphatic heterocycles. The van der Waals surface area contributed by atoms with Crippen molar-refractivity contribution in [2.75, 3.05) is 32.8 Å². The number of nitrogens with one attached hydrogen (secondary N) is 1. The van der Waals surface area contributed by atoms with Gasteiger partial charge in [-0.05, 0) is 31.4 Å². The molecule has 3 atom stereocenters. The molecule has 0 bridgehead atoms. The van der Waals surface area contributed by atoms with Gasteiger partial charge in [-0.1, -0.05) is 30.7 Å². The number of carbonyl (C=O) groups excluding carboxylic acids is 1. The highest BCUT2D eigenvalue weighted by atomic mass is 16.5. The van der Waals surface area contributed by atoms with Crippen LogP contribution in [0, 0.1) is 0 Å². The molecule has 2 N–H and O–H groups in total. The molecule has 1 aliphatic carbocycles. The Labute approximate surface area is 161 Å². The van der Waals surface area contributed by atoms with Gasteiger partial charge in [0.2, 0.25) is 5.91 Å². The van der Waals surface area contributed by atoms with Crippen LogP contribution in [0.15, 0.2) is 42.5 Å². The van der Waals surface area contributed by atoms with Crippen LogP contribution in [0.2, 0.25) is 0 Å². The predicted molar refractivity (Wildman–Crippen MR) is 104 cm³/mol. The molecule has 148 valence electrons. The first-order valence-corrected chi connectivity index (χ1v) is 9.89. The Balaban J connectivity index is 1.50. The SMILES string of the molecule is O=C(C=CCN1CCOCC1)N[C@@H]1CCCC[C@@H](Oc2ccccc2)[C@@H]1O. The molecule has 0 unspecified atom stereocenters. The first-order valence-electron chi connectivity index (χ1n) is 9.89. The number of nitrogens with zero attached hydrogens (tertiary/aromatic N) is 1. The normalized spacial score (nSPS) is 27.2. The summed E-state index contributed by atoms with van der Waals surface area (Å²) >= 11 is 0. The maximum Gasteiger partial charge on any atom is 0.244 e. The second kappa shape index (κ2) is 10.4. The Morgan fingerprint density at radius 3 is 2.74 bits per heavy atom. The minimum atomic E-state index is -0.718. The van der Waals surface area contributed by atoms with E-state index in [1.54, 1.807) is 6.08 Å². The van der Waals surface area contributed by atoms with Gasteiger partial charge in [-0.25, -0.2) is 0 Å². The zero-order valence-electron chi connectivity index (χ0n) is 15.8. The highest BCUT2D eigenvalue weighted by Crippen LogP contribution is 2.23. The summed E-state index contributed by atoms with van der Waals surface area (Å²) in [6.07, 6.45) is 5.92. The van der Waals surface area contributed by atoms with E-state index in [1.807, 2.05) is 36.4 Å². The molecule has 1 aromatic rings. The number of hydrogen-bond acceptors (Lipinski definition) is 5. The lowest BCUT2D eigenvalue weighted by Gasteiger charge is -2.28.